The number of nitrogens with two attached hydrogens (primary N) is 1. The predicted molar refractivity (Wildman–Crippen MR) is 103 cm³/mol. The van der Waals surface area contributed by atoms with Crippen molar-refractivity contribution in [3.8, 4) is 17.2 Å². The Labute approximate surface area is 163 Å². The second-order valence-electron chi connectivity index (χ2n) is 4.99. The van der Waals surface area contributed by atoms with Crippen LogP contribution in [-0.2, 0) is 14.3 Å². The van der Waals surface area contributed by atoms with Crippen molar-refractivity contribution < 1.29 is 33.6 Å². The van der Waals surface area contributed by atoms with Crippen LogP contribution < -0.4 is 19.9 Å². The fourth-order valence-corrected chi connectivity index (χ4v) is 2.14. The number of nitrogens with zero attached hydrogens (tertiary/aromatic N) is 2. The van der Waals surface area contributed by atoms with Gasteiger partial charge in [0.15, 0.2) is 22.9 Å². The third kappa shape index (κ3) is 5.53. The molecule has 0 aliphatic heterocycles. The van der Waals surface area contributed by atoms with Crippen LogP contribution in [-0.4, -0.2) is 57.7 Å². The molecule has 0 saturated carbocycles. The molecule has 1 aromatic carbocycles. The number of methoxy groups -OCH3 is 3. The smallest absolute Gasteiger partial charge is 0.349 e. The monoisotopic (exact) mass is 395 g/mol. The highest BCUT2D eigenvalue weighted by atomic mass is 16.6. The van der Waals surface area contributed by atoms with Gasteiger partial charge in [0, 0.05) is 5.56 Å². The topological polar surface area (TPSA) is 134 Å². The average molecular weight is 395 g/mol. The molecular weight excluding hydrogens is 370 g/mol. The Morgan fingerprint density at radius 3 is 2.25 bits per heavy atom. The number of amidine groups is 1. The van der Waals surface area contributed by atoms with E-state index in [1.165, 1.54) is 27.5 Å². The lowest BCUT2D eigenvalue weighted by Gasteiger charge is -2.13. The normalized spacial score (nSPS) is 12.4. The van der Waals surface area contributed by atoms with Gasteiger partial charge in [0.1, 0.15) is 0 Å². The maximum absolute atomic E-state index is 12.0. The zero-order valence-electron chi connectivity index (χ0n) is 16.5. The Morgan fingerprint density at radius 1 is 1.07 bits per heavy atom. The van der Waals surface area contributed by atoms with Gasteiger partial charge < -0.3 is 34.5 Å². The molecule has 0 aromatic heterocycles. The summed E-state index contributed by atoms with van der Waals surface area (Å²) in [5.41, 5.74) is 5.88. The predicted octanol–water partition coefficient (Wildman–Crippen LogP) is 1.77. The number of hydrogen-bond acceptors (Lipinski definition) is 9. The molecule has 154 valence electrons. The summed E-state index contributed by atoms with van der Waals surface area (Å²) in [6.45, 7) is 3.45. The first-order valence-electron chi connectivity index (χ1n) is 8.33. The Morgan fingerprint density at radius 2 is 1.71 bits per heavy atom. The van der Waals surface area contributed by atoms with Crippen LogP contribution in [0, 0.1) is 0 Å². The molecule has 0 amide bonds. The summed E-state index contributed by atoms with van der Waals surface area (Å²) in [6, 6.07) is 3.34. The number of hydrogen-bond donors (Lipinski definition) is 2. The second kappa shape index (κ2) is 11.3. The van der Waals surface area contributed by atoms with E-state index in [2.05, 4.69) is 10.2 Å². The van der Waals surface area contributed by atoms with Gasteiger partial charge in [-0.05, 0) is 26.0 Å². The molecule has 1 rings (SSSR count). The van der Waals surface area contributed by atoms with Gasteiger partial charge >= 0.3 is 5.97 Å². The molecule has 0 heterocycles. The van der Waals surface area contributed by atoms with E-state index >= 15 is 0 Å². The number of esters is 1. The fraction of sp³-hybridized carbons (Fsp3) is 0.389. The minimum absolute atomic E-state index is 0.0845. The lowest BCUT2D eigenvalue weighted by molar-refractivity contribution is -0.138. The van der Waals surface area contributed by atoms with Gasteiger partial charge in [0.2, 0.25) is 5.75 Å². The molecule has 0 aliphatic rings. The minimum Gasteiger partial charge on any atom is -0.493 e. The SMILES string of the molecule is CCOC(=O)C(C(N)=N/N=C/c1ccc(OC)c(OC)c1OC)=C(O)OCC. The maximum Gasteiger partial charge on any atom is 0.349 e. The van der Waals surface area contributed by atoms with Crippen molar-refractivity contribution in [1.82, 2.24) is 0 Å². The van der Waals surface area contributed by atoms with Gasteiger partial charge in [-0.3, -0.25) is 0 Å². The van der Waals surface area contributed by atoms with Crippen LogP contribution in [0.15, 0.2) is 33.9 Å². The Kier molecular flexibility index (Phi) is 9.14. The first-order valence-corrected chi connectivity index (χ1v) is 8.33. The van der Waals surface area contributed by atoms with Crippen LogP contribution in [0.5, 0.6) is 17.2 Å². The van der Waals surface area contributed by atoms with Gasteiger partial charge in [-0.2, -0.15) is 5.10 Å². The van der Waals surface area contributed by atoms with Crippen molar-refractivity contribution in [2.75, 3.05) is 34.5 Å². The van der Waals surface area contributed by atoms with E-state index in [0.717, 1.165) is 0 Å². The second-order valence-corrected chi connectivity index (χ2v) is 4.99. The summed E-state index contributed by atoms with van der Waals surface area (Å²) in [5, 5.41) is 17.5. The molecule has 0 fully saturated rings. The van der Waals surface area contributed by atoms with Crippen LogP contribution >= 0.6 is 0 Å². The van der Waals surface area contributed by atoms with Crippen LogP contribution in [0.25, 0.3) is 0 Å². The van der Waals surface area contributed by atoms with Crippen molar-refractivity contribution >= 4 is 18.0 Å². The van der Waals surface area contributed by atoms with Crippen LogP contribution in [0.1, 0.15) is 19.4 Å². The van der Waals surface area contributed by atoms with Crippen molar-refractivity contribution in [3.05, 3.63) is 29.2 Å². The third-order valence-electron chi connectivity index (χ3n) is 3.33. The highest BCUT2D eigenvalue weighted by molar-refractivity contribution is 6.18. The van der Waals surface area contributed by atoms with E-state index in [9.17, 15) is 9.90 Å². The molecule has 28 heavy (non-hydrogen) atoms. The van der Waals surface area contributed by atoms with E-state index in [4.69, 9.17) is 29.4 Å². The summed E-state index contributed by atoms with van der Waals surface area (Å²) in [4.78, 5) is 12.0. The van der Waals surface area contributed by atoms with E-state index in [-0.39, 0.29) is 19.0 Å². The molecule has 10 heteroatoms. The van der Waals surface area contributed by atoms with Crippen molar-refractivity contribution in [3.63, 3.8) is 0 Å². The molecule has 1 aromatic rings. The van der Waals surface area contributed by atoms with Crippen LogP contribution in [0.3, 0.4) is 0 Å². The lowest BCUT2D eigenvalue weighted by Crippen LogP contribution is -2.25. The zero-order valence-corrected chi connectivity index (χ0v) is 16.5. The molecular formula is C18H25N3O7. The van der Waals surface area contributed by atoms with Gasteiger partial charge in [0.05, 0.1) is 40.8 Å². The van der Waals surface area contributed by atoms with Crippen molar-refractivity contribution in [1.29, 1.82) is 0 Å². The quantitative estimate of drug-likeness (QED) is 0.153. The van der Waals surface area contributed by atoms with Crippen LogP contribution in [0.4, 0.5) is 0 Å². The number of carbonyl (C=O) groups excluding carboxylic acids is 1. The van der Waals surface area contributed by atoms with Gasteiger partial charge in [0.25, 0.3) is 5.95 Å². The molecule has 0 radical (unpaired) electrons. The largest absolute Gasteiger partial charge is 0.493 e. The maximum atomic E-state index is 12.0. The van der Waals surface area contributed by atoms with Gasteiger partial charge in [-0.1, -0.05) is 0 Å². The first-order chi connectivity index (χ1) is 13.4. The average Bonchev–Trinajstić information content (AvgIpc) is 2.67. The molecule has 10 nitrogen and oxygen atoms in total. The molecule has 0 saturated heterocycles. The van der Waals surface area contributed by atoms with E-state index in [1.807, 2.05) is 0 Å². The summed E-state index contributed by atoms with van der Waals surface area (Å²) in [7, 11) is 4.45. The van der Waals surface area contributed by atoms with Crippen LogP contribution in [0.2, 0.25) is 0 Å². The van der Waals surface area contributed by atoms with Gasteiger partial charge in [-0.25, -0.2) is 4.79 Å². The summed E-state index contributed by atoms with van der Waals surface area (Å²) < 4.78 is 25.6. The standard InChI is InChI=1S/C18H25N3O7/c1-6-27-17(22)13(18(23)28-7-2)16(19)21-20-10-11-8-9-12(24-3)15(26-5)14(11)25-4/h8-10,22H,6-7H2,1-5H3,(H2,19,21)/b17-13?,20-10+. The number of aliphatic hydroxyl groups excluding tert-OH is 1. The number of aliphatic hydroxyl groups is 1. The lowest BCUT2D eigenvalue weighted by atomic mass is 10.2. The summed E-state index contributed by atoms with van der Waals surface area (Å²) >= 11 is 0. The molecule has 0 unspecified atom stereocenters. The highest BCUT2D eigenvalue weighted by Gasteiger charge is 2.23. The first kappa shape index (κ1) is 22.6. The Balaban J connectivity index is 3.25. The Bertz CT molecular complexity index is 773. The van der Waals surface area contributed by atoms with E-state index < -0.39 is 17.5 Å². The number of carbonyl (C=O) groups is 1. The third-order valence-corrected chi connectivity index (χ3v) is 3.33. The summed E-state index contributed by atoms with van der Waals surface area (Å²) in [6.07, 6.45) is 1.34. The van der Waals surface area contributed by atoms with Crippen molar-refractivity contribution in [2.45, 2.75) is 13.8 Å². The number of benzene rings is 1. The van der Waals surface area contributed by atoms with Gasteiger partial charge in [-0.15, -0.1) is 5.10 Å². The van der Waals surface area contributed by atoms with Crippen molar-refractivity contribution in [2.24, 2.45) is 15.9 Å². The fourth-order valence-electron chi connectivity index (χ4n) is 2.14. The van der Waals surface area contributed by atoms with E-state index in [1.54, 1.807) is 26.0 Å². The number of rotatable bonds is 10. The molecule has 3 N–H and O–H groups in total. The minimum atomic E-state index is -0.881. The zero-order chi connectivity index (χ0) is 21.1. The molecule has 0 atom stereocenters. The Hall–Kier alpha value is -3.43. The molecule has 0 aliphatic carbocycles. The molecule has 0 bridgehead atoms. The van der Waals surface area contributed by atoms with E-state index in [0.29, 0.717) is 22.8 Å². The number of ether oxygens (including phenoxy) is 5. The summed E-state index contributed by atoms with van der Waals surface area (Å²) in [5.74, 6) is -0.715. The highest BCUT2D eigenvalue weighted by Crippen LogP contribution is 2.38. The molecule has 0 spiro atoms.